The third-order valence-corrected chi connectivity index (χ3v) is 4.59. The van der Waals surface area contributed by atoms with Crippen molar-refractivity contribution in [3.63, 3.8) is 0 Å². The van der Waals surface area contributed by atoms with Crippen LogP contribution in [-0.2, 0) is 17.6 Å². The highest BCUT2D eigenvalue weighted by atomic mass is 16.6. The van der Waals surface area contributed by atoms with Crippen molar-refractivity contribution in [2.24, 2.45) is 5.92 Å². The maximum Gasteiger partial charge on any atom is 0.411 e. The van der Waals surface area contributed by atoms with E-state index >= 15 is 0 Å². The Morgan fingerprint density at radius 2 is 2.07 bits per heavy atom. The van der Waals surface area contributed by atoms with E-state index < -0.39 is 17.7 Å². The smallest absolute Gasteiger partial charge is 0.411 e. The van der Waals surface area contributed by atoms with E-state index in [2.05, 4.69) is 28.3 Å². The molecule has 0 spiro atoms. The summed E-state index contributed by atoms with van der Waals surface area (Å²) < 4.78 is 10.9. The summed E-state index contributed by atoms with van der Waals surface area (Å²) in [5.41, 5.74) is 0.666. The summed E-state index contributed by atoms with van der Waals surface area (Å²) in [6.07, 6.45) is 2.55. The number of ether oxygens (including phenoxy) is 1. The highest BCUT2D eigenvalue weighted by Crippen LogP contribution is 2.35. The molecule has 0 bridgehead atoms. The molecule has 0 N–H and O–H groups in total. The SMILES string of the molecule is CC(C)(C)OC(=O)N1C[C@@H](C#N)CC1c1nc(CCCc2ccccc2)no1. The molecule has 2 atom stereocenters. The molecular weight excluding hydrogens is 356 g/mol. The molecular formula is C21H26N4O3. The van der Waals surface area contributed by atoms with Gasteiger partial charge in [-0.1, -0.05) is 35.5 Å². The zero-order valence-electron chi connectivity index (χ0n) is 16.6. The van der Waals surface area contributed by atoms with E-state index in [-0.39, 0.29) is 5.92 Å². The number of likely N-dealkylation sites (tertiary alicyclic amines) is 1. The maximum absolute atomic E-state index is 12.5. The van der Waals surface area contributed by atoms with E-state index in [1.165, 1.54) is 10.5 Å². The summed E-state index contributed by atoms with van der Waals surface area (Å²) >= 11 is 0. The predicted molar refractivity (Wildman–Crippen MR) is 102 cm³/mol. The van der Waals surface area contributed by atoms with Crippen LogP contribution in [0.2, 0.25) is 0 Å². The number of nitrogens with zero attached hydrogens (tertiary/aromatic N) is 4. The van der Waals surface area contributed by atoms with Crippen LogP contribution in [0.3, 0.4) is 0 Å². The molecule has 1 fully saturated rings. The molecule has 7 nitrogen and oxygen atoms in total. The van der Waals surface area contributed by atoms with Gasteiger partial charge in [0.15, 0.2) is 5.82 Å². The van der Waals surface area contributed by atoms with Crippen LogP contribution in [0.5, 0.6) is 0 Å². The summed E-state index contributed by atoms with van der Waals surface area (Å²) in [5.74, 6) is 0.722. The second-order valence-corrected chi connectivity index (χ2v) is 8.10. The number of amides is 1. The molecule has 0 saturated carbocycles. The Morgan fingerprint density at radius 3 is 2.75 bits per heavy atom. The average Bonchev–Trinajstić information content (AvgIpc) is 3.28. The second kappa shape index (κ2) is 8.42. The molecule has 1 unspecified atom stereocenters. The van der Waals surface area contributed by atoms with Crippen molar-refractivity contribution in [2.75, 3.05) is 6.54 Å². The molecule has 1 aromatic carbocycles. The van der Waals surface area contributed by atoms with Gasteiger partial charge in [0, 0.05) is 13.0 Å². The molecule has 1 aliphatic heterocycles. The third-order valence-electron chi connectivity index (χ3n) is 4.59. The minimum atomic E-state index is -0.607. The highest BCUT2D eigenvalue weighted by Gasteiger charge is 2.41. The van der Waals surface area contributed by atoms with Crippen LogP contribution in [0.25, 0.3) is 0 Å². The van der Waals surface area contributed by atoms with E-state index in [1.807, 2.05) is 39.0 Å². The van der Waals surface area contributed by atoms with E-state index in [0.29, 0.717) is 31.1 Å². The van der Waals surface area contributed by atoms with E-state index in [4.69, 9.17) is 9.26 Å². The van der Waals surface area contributed by atoms with Crippen molar-refractivity contribution in [2.45, 2.75) is 58.1 Å². The lowest BCUT2D eigenvalue weighted by Gasteiger charge is -2.26. The summed E-state index contributed by atoms with van der Waals surface area (Å²) in [6.45, 7) is 5.75. The standard InChI is InChI=1S/C21H26N4O3/c1-21(2,3)27-20(26)25-14-16(13-22)12-17(25)19-23-18(24-28-19)11-7-10-15-8-5-4-6-9-15/h4-6,8-9,16-17H,7,10-12,14H2,1-3H3/t16-,17?/m1/s1. The first-order valence-electron chi connectivity index (χ1n) is 9.61. The van der Waals surface area contributed by atoms with Crippen molar-refractivity contribution in [1.82, 2.24) is 15.0 Å². The van der Waals surface area contributed by atoms with Crippen molar-refractivity contribution < 1.29 is 14.1 Å². The number of carbonyl (C=O) groups is 1. The predicted octanol–water partition coefficient (Wildman–Crippen LogP) is 4.07. The molecule has 1 amide bonds. The van der Waals surface area contributed by atoms with Crippen molar-refractivity contribution >= 4 is 6.09 Å². The molecule has 3 rings (SSSR count). The van der Waals surface area contributed by atoms with Gasteiger partial charge >= 0.3 is 6.09 Å². The maximum atomic E-state index is 12.5. The van der Waals surface area contributed by atoms with E-state index in [0.717, 1.165) is 12.8 Å². The number of hydrogen-bond acceptors (Lipinski definition) is 6. The van der Waals surface area contributed by atoms with Crippen LogP contribution >= 0.6 is 0 Å². The van der Waals surface area contributed by atoms with Gasteiger partial charge in [-0.25, -0.2) is 4.79 Å². The van der Waals surface area contributed by atoms with Crippen molar-refractivity contribution in [1.29, 1.82) is 5.26 Å². The molecule has 28 heavy (non-hydrogen) atoms. The average molecular weight is 382 g/mol. The summed E-state index contributed by atoms with van der Waals surface area (Å²) in [5, 5.41) is 13.4. The van der Waals surface area contributed by atoms with Crippen molar-refractivity contribution in [3.05, 3.63) is 47.6 Å². The quantitative estimate of drug-likeness (QED) is 0.774. The number of hydrogen-bond donors (Lipinski definition) is 0. The Hall–Kier alpha value is -2.88. The number of nitriles is 1. The zero-order chi connectivity index (χ0) is 20.1. The van der Waals surface area contributed by atoms with Crippen LogP contribution in [0.15, 0.2) is 34.9 Å². The van der Waals surface area contributed by atoms with E-state index in [9.17, 15) is 10.1 Å². The number of aromatic nitrogens is 2. The highest BCUT2D eigenvalue weighted by molar-refractivity contribution is 5.69. The van der Waals surface area contributed by atoms with Gasteiger partial charge in [0.2, 0.25) is 5.89 Å². The third kappa shape index (κ3) is 5.10. The van der Waals surface area contributed by atoms with Crippen LogP contribution in [-0.4, -0.2) is 33.3 Å². The van der Waals surface area contributed by atoms with Gasteiger partial charge in [0.1, 0.15) is 11.6 Å². The molecule has 0 radical (unpaired) electrons. The lowest BCUT2D eigenvalue weighted by molar-refractivity contribution is 0.0197. The summed E-state index contributed by atoms with van der Waals surface area (Å²) in [7, 11) is 0. The molecule has 1 aliphatic rings. The van der Waals surface area contributed by atoms with Crippen LogP contribution < -0.4 is 0 Å². The first-order chi connectivity index (χ1) is 13.4. The number of aryl methyl sites for hydroxylation is 2. The zero-order valence-corrected chi connectivity index (χ0v) is 16.6. The summed E-state index contributed by atoms with van der Waals surface area (Å²) in [4.78, 5) is 18.6. The fraction of sp³-hybridized carbons (Fsp3) is 0.524. The molecule has 148 valence electrons. The van der Waals surface area contributed by atoms with Crippen LogP contribution in [0.4, 0.5) is 4.79 Å². The van der Waals surface area contributed by atoms with Crippen molar-refractivity contribution in [3.8, 4) is 6.07 Å². The molecule has 1 saturated heterocycles. The minimum absolute atomic E-state index is 0.272. The van der Waals surface area contributed by atoms with Gasteiger partial charge in [-0.2, -0.15) is 10.2 Å². The minimum Gasteiger partial charge on any atom is -0.444 e. The van der Waals surface area contributed by atoms with Crippen LogP contribution in [0, 0.1) is 17.2 Å². The molecule has 1 aromatic heterocycles. The van der Waals surface area contributed by atoms with Gasteiger partial charge in [-0.15, -0.1) is 0 Å². The van der Waals surface area contributed by atoms with Gasteiger partial charge in [0.25, 0.3) is 0 Å². The number of benzene rings is 1. The first kappa shape index (κ1) is 19.9. The Balaban J connectivity index is 1.64. The molecule has 2 heterocycles. The monoisotopic (exact) mass is 382 g/mol. The Labute approximate surface area is 165 Å². The van der Waals surface area contributed by atoms with Gasteiger partial charge in [-0.05, 0) is 45.6 Å². The Kier molecular flexibility index (Phi) is 5.98. The lowest BCUT2D eigenvalue weighted by Crippen LogP contribution is -2.36. The normalized spacial score (nSPS) is 19.4. The summed E-state index contributed by atoms with van der Waals surface area (Å²) in [6, 6.07) is 12.1. The number of carbonyl (C=O) groups excluding carboxylic acids is 1. The molecule has 0 aliphatic carbocycles. The van der Waals surface area contributed by atoms with E-state index in [1.54, 1.807) is 0 Å². The number of rotatable bonds is 5. The second-order valence-electron chi connectivity index (χ2n) is 8.10. The molecule has 7 heteroatoms. The van der Waals surface area contributed by atoms with Gasteiger partial charge in [0.05, 0.1) is 12.0 Å². The Morgan fingerprint density at radius 1 is 1.32 bits per heavy atom. The van der Waals surface area contributed by atoms with Gasteiger partial charge in [-0.3, -0.25) is 4.90 Å². The fourth-order valence-corrected chi connectivity index (χ4v) is 3.29. The van der Waals surface area contributed by atoms with Crippen LogP contribution in [0.1, 0.15) is 56.9 Å². The topological polar surface area (TPSA) is 92.2 Å². The Bertz CT molecular complexity index is 835. The lowest BCUT2D eigenvalue weighted by atomic mass is 10.1. The molecule has 2 aromatic rings. The largest absolute Gasteiger partial charge is 0.444 e. The van der Waals surface area contributed by atoms with Gasteiger partial charge < -0.3 is 9.26 Å². The fourth-order valence-electron chi connectivity index (χ4n) is 3.29. The first-order valence-corrected chi connectivity index (χ1v) is 9.61.